The maximum absolute atomic E-state index is 12.7. The average molecular weight is 389 g/mol. The Morgan fingerprint density at radius 1 is 1.23 bits per heavy atom. The van der Waals surface area contributed by atoms with Crippen molar-refractivity contribution in [1.82, 2.24) is 0 Å². The molecule has 1 aliphatic rings. The Morgan fingerprint density at radius 2 is 2.00 bits per heavy atom. The first-order chi connectivity index (χ1) is 12.4. The van der Waals surface area contributed by atoms with E-state index in [1.165, 1.54) is 0 Å². The second-order valence-electron chi connectivity index (χ2n) is 6.41. The van der Waals surface area contributed by atoms with Crippen molar-refractivity contribution in [2.45, 2.75) is 36.8 Å². The number of nitrogens with one attached hydrogen (secondary N) is 1. The highest BCUT2D eigenvalue weighted by Crippen LogP contribution is 2.38. The van der Waals surface area contributed by atoms with Crippen LogP contribution in [-0.2, 0) is 9.59 Å². The van der Waals surface area contributed by atoms with E-state index in [1.54, 1.807) is 28.8 Å². The first-order valence-electron chi connectivity index (χ1n) is 8.56. The zero-order valence-electron chi connectivity index (χ0n) is 14.8. The largest absolute Gasteiger partial charge is 0.326 e. The van der Waals surface area contributed by atoms with Gasteiger partial charge in [-0.2, -0.15) is 0 Å². The molecule has 1 aliphatic heterocycles. The van der Waals surface area contributed by atoms with Crippen LogP contribution in [0.5, 0.6) is 0 Å². The second-order valence-corrected chi connectivity index (χ2v) is 8.30. The van der Waals surface area contributed by atoms with E-state index in [0.717, 1.165) is 16.1 Å². The lowest BCUT2D eigenvalue weighted by Gasteiger charge is -2.32. The fourth-order valence-corrected chi connectivity index (χ4v) is 4.17. The summed E-state index contributed by atoms with van der Waals surface area (Å²) in [5, 5.41) is 3.74. The van der Waals surface area contributed by atoms with Gasteiger partial charge in [-0.3, -0.25) is 9.59 Å². The number of fused-ring (bicyclic) bond motifs is 1. The minimum atomic E-state index is -0.189. The fourth-order valence-electron chi connectivity index (χ4n) is 2.87. The van der Waals surface area contributed by atoms with Crippen molar-refractivity contribution in [3.63, 3.8) is 0 Å². The molecule has 0 spiro atoms. The van der Waals surface area contributed by atoms with Crippen molar-refractivity contribution < 1.29 is 9.59 Å². The molecule has 0 aliphatic carbocycles. The number of amides is 2. The van der Waals surface area contributed by atoms with Crippen LogP contribution in [-0.4, -0.2) is 23.6 Å². The van der Waals surface area contributed by atoms with Crippen LogP contribution >= 0.6 is 23.4 Å². The molecule has 26 heavy (non-hydrogen) atoms. The van der Waals surface area contributed by atoms with Crippen LogP contribution in [0.4, 0.5) is 11.4 Å². The van der Waals surface area contributed by atoms with Crippen LogP contribution in [0.25, 0.3) is 0 Å². The van der Waals surface area contributed by atoms with Gasteiger partial charge in [0.25, 0.3) is 0 Å². The molecule has 1 atom stereocenters. The molecule has 2 aromatic rings. The molecule has 0 bridgehead atoms. The molecule has 4 nitrogen and oxygen atoms in total. The summed E-state index contributed by atoms with van der Waals surface area (Å²) in [6.07, 6.45) is 0.321. The fraction of sp³-hybridized carbons (Fsp3) is 0.300. The highest BCUT2D eigenvalue weighted by molar-refractivity contribution is 8.00. The summed E-state index contributed by atoms with van der Waals surface area (Å²) in [6.45, 7) is 4.67. The van der Waals surface area contributed by atoms with E-state index in [0.29, 0.717) is 22.5 Å². The Balaban J connectivity index is 1.60. The lowest BCUT2D eigenvalue weighted by Crippen LogP contribution is -2.38. The van der Waals surface area contributed by atoms with Crippen molar-refractivity contribution in [2.24, 2.45) is 0 Å². The predicted octanol–water partition coefficient (Wildman–Crippen LogP) is 4.89. The summed E-state index contributed by atoms with van der Waals surface area (Å²) < 4.78 is 0. The number of rotatable bonds is 4. The second kappa shape index (κ2) is 8.14. The van der Waals surface area contributed by atoms with Gasteiger partial charge in [0.05, 0.1) is 5.69 Å². The summed E-state index contributed by atoms with van der Waals surface area (Å²) in [5.41, 5.74) is 2.54. The van der Waals surface area contributed by atoms with Crippen molar-refractivity contribution in [2.75, 3.05) is 16.8 Å². The summed E-state index contributed by atoms with van der Waals surface area (Å²) in [7, 11) is 0. The molecule has 0 saturated carbocycles. The molecule has 0 saturated heterocycles. The molecule has 0 radical (unpaired) electrons. The van der Waals surface area contributed by atoms with Crippen LogP contribution in [0.1, 0.15) is 25.3 Å². The first-order valence-corrected chi connectivity index (χ1v) is 9.82. The van der Waals surface area contributed by atoms with Gasteiger partial charge in [-0.25, -0.2) is 0 Å². The van der Waals surface area contributed by atoms with E-state index in [9.17, 15) is 9.59 Å². The van der Waals surface area contributed by atoms with Crippen LogP contribution in [0.2, 0.25) is 5.02 Å². The third-order valence-corrected chi connectivity index (χ3v) is 5.80. The number of hydrogen-bond donors (Lipinski definition) is 1. The molecule has 0 unspecified atom stereocenters. The highest BCUT2D eigenvalue weighted by Gasteiger charge is 2.26. The topological polar surface area (TPSA) is 49.4 Å². The third kappa shape index (κ3) is 4.40. The molecule has 1 heterocycles. The number of aryl methyl sites for hydroxylation is 1. The number of thioether (sulfide) groups is 1. The zero-order valence-corrected chi connectivity index (χ0v) is 16.4. The van der Waals surface area contributed by atoms with Crippen LogP contribution in [0.3, 0.4) is 0 Å². The zero-order chi connectivity index (χ0) is 18.7. The van der Waals surface area contributed by atoms with E-state index < -0.39 is 0 Å². The van der Waals surface area contributed by atoms with Gasteiger partial charge in [-0.15, -0.1) is 11.8 Å². The third-order valence-electron chi connectivity index (χ3n) is 4.25. The van der Waals surface area contributed by atoms with E-state index >= 15 is 0 Å². The van der Waals surface area contributed by atoms with Crippen molar-refractivity contribution in [1.29, 1.82) is 0 Å². The van der Waals surface area contributed by atoms with Gasteiger partial charge in [0.1, 0.15) is 0 Å². The molecule has 1 N–H and O–H groups in total. The highest BCUT2D eigenvalue weighted by atomic mass is 35.5. The lowest BCUT2D eigenvalue weighted by atomic mass is 10.2. The Kier molecular flexibility index (Phi) is 5.89. The molecule has 6 heteroatoms. The van der Waals surface area contributed by atoms with Gasteiger partial charge in [0.15, 0.2) is 0 Å². The summed E-state index contributed by atoms with van der Waals surface area (Å²) in [6, 6.07) is 13.3. The molecule has 2 aromatic carbocycles. The van der Waals surface area contributed by atoms with Gasteiger partial charge < -0.3 is 10.2 Å². The molecule has 136 valence electrons. The smallest absolute Gasteiger partial charge is 0.227 e. The van der Waals surface area contributed by atoms with Crippen LogP contribution in [0, 0.1) is 6.92 Å². The van der Waals surface area contributed by atoms with Crippen molar-refractivity contribution in [3.8, 4) is 0 Å². The molecule has 0 fully saturated rings. The van der Waals surface area contributed by atoms with Crippen LogP contribution in [0.15, 0.2) is 47.4 Å². The number of benzene rings is 2. The van der Waals surface area contributed by atoms with Crippen molar-refractivity contribution >= 4 is 46.6 Å². The number of halogens is 1. The van der Waals surface area contributed by atoms with Gasteiger partial charge in [-0.1, -0.05) is 36.7 Å². The van der Waals surface area contributed by atoms with Gasteiger partial charge in [0.2, 0.25) is 11.8 Å². The van der Waals surface area contributed by atoms with E-state index in [2.05, 4.69) is 12.2 Å². The molecule has 3 rings (SSSR count). The quantitative estimate of drug-likeness (QED) is 0.810. The van der Waals surface area contributed by atoms with Crippen LogP contribution < -0.4 is 10.2 Å². The molecule has 2 amide bonds. The average Bonchev–Trinajstić information content (AvgIpc) is 2.62. The maximum Gasteiger partial charge on any atom is 0.227 e. The Morgan fingerprint density at radius 3 is 2.77 bits per heavy atom. The summed E-state index contributed by atoms with van der Waals surface area (Å²) in [4.78, 5) is 27.8. The van der Waals surface area contributed by atoms with Crippen molar-refractivity contribution in [3.05, 3.63) is 53.1 Å². The standard InChI is InChI=1S/C20H21ClN2O2S/c1-13-7-8-15(11-16(13)21)22-19(24)9-10-20(25)23-12-14(2)26-18-6-4-3-5-17(18)23/h3-8,11,14H,9-10,12H2,1-2H3,(H,22,24)/t14-/m0/s1. The normalized spacial score (nSPS) is 16.1. The van der Waals surface area contributed by atoms with Gasteiger partial charge in [0, 0.05) is 40.2 Å². The summed E-state index contributed by atoms with van der Waals surface area (Å²) >= 11 is 7.85. The number of para-hydroxylation sites is 1. The van der Waals surface area contributed by atoms with Gasteiger partial charge in [-0.05, 0) is 36.8 Å². The molecule has 0 aromatic heterocycles. The number of hydrogen-bond acceptors (Lipinski definition) is 3. The molecular formula is C20H21ClN2O2S. The SMILES string of the molecule is Cc1ccc(NC(=O)CCC(=O)N2C[C@H](C)Sc3ccccc32)cc1Cl. The minimum absolute atomic E-state index is 0.0262. The first kappa shape index (κ1) is 18.8. The monoisotopic (exact) mass is 388 g/mol. The Bertz CT molecular complexity index is 840. The van der Waals surface area contributed by atoms with E-state index in [-0.39, 0.29) is 24.7 Å². The van der Waals surface area contributed by atoms with Gasteiger partial charge >= 0.3 is 0 Å². The predicted molar refractivity (Wildman–Crippen MR) is 108 cm³/mol. The lowest BCUT2D eigenvalue weighted by molar-refractivity contribution is -0.122. The number of anilines is 2. The minimum Gasteiger partial charge on any atom is -0.326 e. The maximum atomic E-state index is 12.7. The van der Waals surface area contributed by atoms with E-state index in [1.807, 2.05) is 37.3 Å². The number of nitrogens with zero attached hydrogens (tertiary/aromatic N) is 1. The number of carbonyl (C=O) groups is 2. The Labute approximate surface area is 162 Å². The van der Waals surface area contributed by atoms with E-state index in [4.69, 9.17) is 11.6 Å². The number of carbonyl (C=O) groups excluding carboxylic acids is 2. The Hall–Kier alpha value is -1.98. The summed E-state index contributed by atoms with van der Waals surface area (Å²) in [5.74, 6) is -0.215. The molecular weight excluding hydrogens is 368 g/mol.